The fraction of sp³-hybridized carbons (Fsp3) is 0.0526. The molecule has 0 aliphatic carbocycles. The predicted molar refractivity (Wildman–Crippen MR) is 115 cm³/mol. The molecule has 0 unspecified atom stereocenters. The molecule has 0 saturated heterocycles. The molecule has 0 aliphatic rings. The molecular weight excluding hydrogens is 412 g/mol. The number of carbonyl (C=O) groups is 2. The molecule has 0 atom stereocenters. The Bertz CT molecular complexity index is 1120. The number of thioether (sulfide) groups is 1. The predicted octanol–water partition coefficient (Wildman–Crippen LogP) is 4.74. The molecule has 0 fully saturated rings. The van der Waals surface area contributed by atoms with Gasteiger partial charge in [0.15, 0.2) is 4.34 Å². The molecule has 0 saturated carbocycles. The fourth-order valence-electron chi connectivity index (χ4n) is 2.53. The lowest BCUT2D eigenvalue weighted by molar-refractivity contribution is -0.113. The molecule has 28 heavy (non-hydrogen) atoms. The number of carbonyl (C=O) groups excluding carboxylic acids is 2. The van der Waals surface area contributed by atoms with Crippen molar-refractivity contribution >= 4 is 67.8 Å². The number of nitrogens with zero attached hydrogens (tertiary/aromatic N) is 2. The summed E-state index contributed by atoms with van der Waals surface area (Å²) in [4.78, 5) is 25.0. The number of benzene rings is 2. The Labute approximate surface area is 173 Å². The number of amides is 2. The van der Waals surface area contributed by atoms with E-state index in [2.05, 4.69) is 20.8 Å². The minimum atomic E-state index is -0.212. The number of hydrogen-bond donors (Lipinski definition) is 2. The molecule has 0 bridgehead atoms. The van der Waals surface area contributed by atoms with Gasteiger partial charge in [-0.2, -0.15) is 0 Å². The lowest BCUT2D eigenvalue weighted by Gasteiger charge is -2.08. The first-order valence-electron chi connectivity index (χ1n) is 8.28. The first-order chi connectivity index (χ1) is 13.7. The molecule has 2 aromatic carbocycles. The number of rotatable bonds is 6. The van der Waals surface area contributed by atoms with Crippen molar-refractivity contribution in [1.29, 1.82) is 0 Å². The number of anilines is 2. The molecule has 2 N–H and O–H groups in total. The summed E-state index contributed by atoms with van der Waals surface area (Å²) in [5, 5.41) is 18.0. The quantitative estimate of drug-likeness (QED) is 0.344. The van der Waals surface area contributed by atoms with E-state index in [0.29, 0.717) is 14.3 Å². The van der Waals surface area contributed by atoms with Crippen LogP contribution < -0.4 is 10.6 Å². The van der Waals surface area contributed by atoms with Crippen molar-refractivity contribution in [3.8, 4) is 0 Å². The zero-order valence-electron chi connectivity index (χ0n) is 14.4. The second-order valence-corrected chi connectivity index (χ2v) is 8.82. The summed E-state index contributed by atoms with van der Waals surface area (Å²) in [6, 6.07) is 17.3. The first-order valence-corrected chi connectivity index (χ1v) is 11.0. The lowest BCUT2D eigenvalue weighted by atomic mass is 10.1. The van der Waals surface area contributed by atoms with Crippen LogP contribution in [0, 0.1) is 0 Å². The Kier molecular flexibility index (Phi) is 5.65. The van der Waals surface area contributed by atoms with Crippen molar-refractivity contribution in [2.24, 2.45) is 0 Å². The van der Waals surface area contributed by atoms with Crippen molar-refractivity contribution in [1.82, 2.24) is 10.2 Å². The molecule has 4 aromatic rings. The maximum Gasteiger partial charge on any atom is 0.267 e. The highest BCUT2D eigenvalue weighted by atomic mass is 32.2. The molecular formula is C19H14N4O2S3. The molecule has 9 heteroatoms. The van der Waals surface area contributed by atoms with E-state index in [4.69, 9.17) is 0 Å². The van der Waals surface area contributed by atoms with Gasteiger partial charge in [-0.3, -0.25) is 14.9 Å². The zero-order valence-corrected chi connectivity index (χ0v) is 16.9. The van der Waals surface area contributed by atoms with E-state index in [0.717, 1.165) is 16.5 Å². The van der Waals surface area contributed by atoms with Crippen molar-refractivity contribution in [2.45, 2.75) is 4.34 Å². The largest absolute Gasteiger partial charge is 0.325 e. The van der Waals surface area contributed by atoms with Crippen molar-refractivity contribution < 1.29 is 9.59 Å². The molecule has 6 nitrogen and oxygen atoms in total. The van der Waals surface area contributed by atoms with Crippen LogP contribution >= 0.6 is 34.4 Å². The van der Waals surface area contributed by atoms with Crippen LogP contribution in [0.25, 0.3) is 10.8 Å². The Hall–Kier alpha value is -2.75. The number of thiophene rings is 1. The van der Waals surface area contributed by atoms with Gasteiger partial charge in [-0.25, -0.2) is 0 Å². The first kappa shape index (κ1) is 18.6. The number of aromatic nitrogens is 2. The Morgan fingerprint density at radius 1 is 0.964 bits per heavy atom. The second kappa shape index (κ2) is 8.51. The van der Waals surface area contributed by atoms with Crippen LogP contribution in [0.5, 0.6) is 0 Å². The molecule has 2 aromatic heterocycles. The van der Waals surface area contributed by atoms with E-state index >= 15 is 0 Å². The highest BCUT2D eigenvalue weighted by Crippen LogP contribution is 2.27. The maximum atomic E-state index is 12.3. The van der Waals surface area contributed by atoms with Crippen LogP contribution in [0.1, 0.15) is 9.67 Å². The average molecular weight is 427 g/mol. The van der Waals surface area contributed by atoms with E-state index in [9.17, 15) is 9.59 Å². The van der Waals surface area contributed by atoms with Gasteiger partial charge in [0.2, 0.25) is 11.0 Å². The van der Waals surface area contributed by atoms with Crippen molar-refractivity contribution in [3.63, 3.8) is 0 Å². The summed E-state index contributed by atoms with van der Waals surface area (Å²) in [5.41, 5.74) is 0.782. The van der Waals surface area contributed by atoms with Crippen molar-refractivity contribution in [3.05, 3.63) is 64.9 Å². The molecule has 0 spiro atoms. The van der Waals surface area contributed by atoms with Gasteiger partial charge in [0.25, 0.3) is 5.91 Å². The Morgan fingerprint density at radius 2 is 1.82 bits per heavy atom. The zero-order chi connectivity index (χ0) is 19.3. The summed E-state index contributed by atoms with van der Waals surface area (Å²) in [7, 11) is 0. The Morgan fingerprint density at radius 3 is 2.68 bits per heavy atom. The van der Waals surface area contributed by atoms with Crippen LogP contribution in [-0.4, -0.2) is 27.8 Å². The van der Waals surface area contributed by atoms with Gasteiger partial charge in [-0.15, -0.1) is 21.5 Å². The summed E-state index contributed by atoms with van der Waals surface area (Å²) in [6.45, 7) is 0. The second-order valence-electron chi connectivity index (χ2n) is 5.67. The van der Waals surface area contributed by atoms with Crippen molar-refractivity contribution in [2.75, 3.05) is 16.4 Å². The number of hydrogen-bond acceptors (Lipinski definition) is 7. The highest BCUT2D eigenvalue weighted by Gasteiger charge is 2.13. The highest BCUT2D eigenvalue weighted by molar-refractivity contribution is 8.01. The lowest BCUT2D eigenvalue weighted by Crippen LogP contribution is -2.14. The summed E-state index contributed by atoms with van der Waals surface area (Å²) in [6.07, 6.45) is 0. The molecule has 0 radical (unpaired) electrons. The minimum Gasteiger partial charge on any atom is -0.325 e. The van der Waals surface area contributed by atoms with E-state index in [1.807, 2.05) is 53.9 Å². The summed E-state index contributed by atoms with van der Waals surface area (Å²) >= 11 is 3.88. The van der Waals surface area contributed by atoms with Gasteiger partial charge in [0, 0.05) is 11.1 Å². The van der Waals surface area contributed by atoms with Crippen LogP contribution in [0.4, 0.5) is 10.8 Å². The number of nitrogens with one attached hydrogen (secondary N) is 2. The van der Waals surface area contributed by atoms with Gasteiger partial charge >= 0.3 is 0 Å². The maximum absolute atomic E-state index is 12.3. The van der Waals surface area contributed by atoms with Gasteiger partial charge in [-0.05, 0) is 22.9 Å². The molecule has 140 valence electrons. The van der Waals surface area contributed by atoms with Crippen LogP contribution in [0.3, 0.4) is 0 Å². The van der Waals surface area contributed by atoms with Gasteiger partial charge in [0.1, 0.15) is 0 Å². The minimum absolute atomic E-state index is 0.124. The third kappa shape index (κ3) is 4.38. The van der Waals surface area contributed by atoms with Gasteiger partial charge < -0.3 is 5.32 Å². The molecule has 2 amide bonds. The summed E-state index contributed by atoms with van der Waals surface area (Å²) < 4.78 is 0.620. The normalized spacial score (nSPS) is 10.7. The monoisotopic (exact) mass is 426 g/mol. The molecule has 0 aliphatic heterocycles. The van der Waals surface area contributed by atoms with E-state index in [1.54, 1.807) is 6.07 Å². The van der Waals surface area contributed by atoms with Crippen LogP contribution in [-0.2, 0) is 4.79 Å². The van der Waals surface area contributed by atoms with Gasteiger partial charge in [-0.1, -0.05) is 65.6 Å². The SMILES string of the molecule is O=C(CSc1nnc(NC(=O)c2cccs2)s1)Nc1cccc2ccccc12. The topological polar surface area (TPSA) is 84.0 Å². The third-order valence-corrected chi connectivity index (χ3v) is 6.60. The van der Waals surface area contributed by atoms with E-state index in [1.165, 1.54) is 34.4 Å². The third-order valence-electron chi connectivity index (χ3n) is 3.76. The molecule has 4 rings (SSSR count). The standard InChI is InChI=1S/C19H14N4O2S3/c24-16(20-14-8-3-6-12-5-1-2-7-13(12)14)11-27-19-23-22-18(28-19)21-17(25)15-9-4-10-26-15/h1-10H,11H2,(H,20,24)(H,21,22,25). The van der Waals surface area contributed by atoms with E-state index < -0.39 is 0 Å². The van der Waals surface area contributed by atoms with Gasteiger partial charge in [0.05, 0.1) is 10.6 Å². The fourth-order valence-corrected chi connectivity index (χ4v) is 4.70. The van der Waals surface area contributed by atoms with E-state index in [-0.39, 0.29) is 17.6 Å². The molecule has 2 heterocycles. The summed E-state index contributed by atoms with van der Waals surface area (Å²) in [5.74, 6) is -0.131. The smallest absolute Gasteiger partial charge is 0.267 e. The van der Waals surface area contributed by atoms with Crippen LogP contribution in [0.15, 0.2) is 64.3 Å². The Balaban J connectivity index is 1.34. The average Bonchev–Trinajstić information content (AvgIpc) is 3.39. The van der Waals surface area contributed by atoms with Crippen LogP contribution in [0.2, 0.25) is 0 Å². The number of fused-ring (bicyclic) bond motifs is 1.